The predicted molar refractivity (Wildman–Crippen MR) is 77.9 cm³/mol. The number of hydrogen-bond donors (Lipinski definition) is 2. The first kappa shape index (κ1) is 14.3. The van der Waals surface area contributed by atoms with Gasteiger partial charge in [0.15, 0.2) is 5.78 Å². The molecular weight excluding hydrogens is 252 g/mol. The number of rotatable bonds is 2. The van der Waals surface area contributed by atoms with E-state index < -0.39 is 0 Å². The van der Waals surface area contributed by atoms with Crippen molar-refractivity contribution < 1.29 is 9.59 Å². The third-order valence-corrected chi connectivity index (χ3v) is 3.09. The molecular formula is C16H20N2O2. The van der Waals surface area contributed by atoms with Gasteiger partial charge in [-0.25, -0.2) is 0 Å². The minimum absolute atomic E-state index is 0.126. The zero-order valence-electron chi connectivity index (χ0n) is 12.1. The number of carbonyl (C=O) groups excluding carboxylic acids is 2. The zero-order valence-corrected chi connectivity index (χ0v) is 12.1. The second-order valence-electron chi connectivity index (χ2n) is 6.02. The van der Waals surface area contributed by atoms with Gasteiger partial charge in [-0.15, -0.1) is 0 Å². The van der Waals surface area contributed by atoms with E-state index in [9.17, 15) is 9.59 Å². The Bertz CT molecular complexity index is 521. The minimum Gasteiger partial charge on any atom is -0.386 e. The van der Waals surface area contributed by atoms with Gasteiger partial charge in [-0.2, -0.15) is 0 Å². The molecule has 2 N–H and O–H groups in total. The van der Waals surface area contributed by atoms with E-state index in [4.69, 9.17) is 0 Å². The predicted octanol–water partition coefficient (Wildman–Crippen LogP) is 2.09. The van der Waals surface area contributed by atoms with Gasteiger partial charge >= 0.3 is 0 Å². The minimum atomic E-state index is -0.313. The van der Waals surface area contributed by atoms with Crippen molar-refractivity contribution in [2.45, 2.75) is 38.8 Å². The van der Waals surface area contributed by atoms with Crippen LogP contribution in [0.25, 0.3) is 0 Å². The zero-order chi connectivity index (χ0) is 14.8. The molecule has 0 spiro atoms. The van der Waals surface area contributed by atoms with Crippen LogP contribution in [0.15, 0.2) is 42.1 Å². The maximum Gasteiger partial charge on any atom is 0.256 e. The molecule has 20 heavy (non-hydrogen) atoms. The summed E-state index contributed by atoms with van der Waals surface area (Å²) in [7, 11) is 0. The monoisotopic (exact) mass is 272 g/mol. The number of piperidine rings is 1. The van der Waals surface area contributed by atoms with Gasteiger partial charge in [0, 0.05) is 18.2 Å². The second kappa shape index (κ2) is 5.49. The standard InChI is InChI=1S/C16H20N2O2/c1-16(2,3)17-10-12-14(19)9-13(18-15(12)20)11-7-5-4-6-8-11/h4-8,10,13,17H,9H2,1-3H3,(H,18,20)/b12-10+. The van der Waals surface area contributed by atoms with Gasteiger partial charge in [-0.1, -0.05) is 30.3 Å². The average molecular weight is 272 g/mol. The van der Waals surface area contributed by atoms with E-state index in [1.54, 1.807) is 0 Å². The lowest BCUT2D eigenvalue weighted by Crippen LogP contribution is -2.41. The highest BCUT2D eigenvalue weighted by Crippen LogP contribution is 2.23. The van der Waals surface area contributed by atoms with Crippen LogP contribution < -0.4 is 10.6 Å². The summed E-state index contributed by atoms with van der Waals surface area (Å²) in [5.74, 6) is -0.439. The van der Waals surface area contributed by atoms with Crippen molar-refractivity contribution in [1.82, 2.24) is 10.6 Å². The molecule has 0 saturated carbocycles. The lowest BCUT2D eigenvalue weighted by atomic mass is 9.93. The first-order valence-electron chi connectivity index (χ1n) is 6.74. The Morgan fingerprint density at radius 2 is 1.85 bits per heavy atom. The number of carbonyl (C=O) groups is 2. The van der Waals surface area contributed by atoms with Crippen LogP contribution in [0, 0.1) is 0 Å². The van der Waals surface area contributed by atoms with Crippen molar-refractivity contribution in [2.24, 2.45) is 0 Å². The Balaban J connectivity index is 2.13. The summed E-state index contributed by atoms with van der Waals surface area (Å²) >= 11 is 0. The van der Waals surface area contributed by atoms with Crippen LogP contribution in [-0.2, 0) is 9.59 Å². The van der Waals surface area contributed by atoms with Gasteiger partial charge in [-0.05, 0) is 26.3 Å². The molecule has 1 fully saturated rings. The van der Waals surface area contributed by atoms with Gasteiger partial charge in [-0.3, -0.25) is 9.59 Å². The van der Waals surface area contributed by atoms with E-state index in [1.807, 2.05) is 51.1 Å². The van der Waals surface area contributed by atoms with Crippen LogP contribution in [-0.4, -0.2) is 17.2 Å². The van der Waals surface area contributed by atoms with Gasteiger partial charge in [0.05, 0.1) is 11.6 Å². The van der Waals surface area contributed by atoms with Gasteiger partial charge < -0.3 is 10.6 Å². The molecule has 0 aliphatic carbocycles. The molecule has 0 bridgehead atoms. The highest BCUT2D eigenvalue weighted by atomic mass is 16.2. The highest BCUT2D eigenvalue weighted by molar-refractivity contribution is 6.21. The Kier molecular flexibility index (Phi) is 3.93. The highest BCUT2D eigenvalue weighted by Gasteiger charge is 2.30. The second-order valence-corrected chi connectivity index (χ2v) is 6.02. The number of hydrogen-bond acceptors (Lipinski definition) is 3. The third-order valence-electron chi connectivity index (χ3n) is 3.09. The van der Waals surface area contributed by atoms with Crippen molar-refractivity contribution in [1.29, 1.82) is 0 Å². The summed E-state index contributed by atoms with van der Waals surface area (Å²) in [5, 5.41) is 5.94. The summed E-state index contributed by atoms with van der Waals surface area (Å²) in [6, 6.07) is 9.31. The molecule has 1 aliphatic heterocycles. The molecule has 1 saturated heterocycles. The van der Waals surface area contributed by atoms with Crippen LogP contribution in [0.1, 0.15) is 38.8 Å². The molecule has 106 valence electrons. The molecule has 0 radical (unpaired) electrons. The molecule has 2 rings (SSSR count). The number of amides is 1. The maximum atomic E-state index is 12.1. The van der Waals surface area contributed by atoms with E-state index in [-0.39, 0.29) is 28.8 Å². The molecule has 1 aromatic carbocycles. The van der Waals surface area contributed by atoms with Crippen LogP contribution in [0.4, 0.5) is 0 Å². The van der Waals surface area contributed by atoms with E-state index in [0.29, 0.717) is 6.42 Å². The van der Waals surface area contributed by atoms with Crippen LogP contribution in [0.5, 0.6) is 0 Å². The number of benzene rings is 1. The van der Waals surface area contributed by atoms with E-state index in [0.717, 1.165) is 5.56 Å². The summed E-state index contributed by atoms with van der Waals surface area (Å²) in [4.78, 5) is 24.2. The van der Waals surface area contributed by atoms with E-state index in [2.05, 4.69) is 10.6 Å². The van der Waals surface area contributed by atoms with Gasteiger partial charge in [0.1, 0.15) is 0 Å². The Morgan fingerprint density at radius 3 is 2.40 bits per heavy atom. The van der Waals surface area contributed by atoms with E-state index >= 15 is 0 Å². The summed E-state index contributed by atoms with van der Waals surface area (Å²) < 4.78 is 0. The lowest BCUT2D eigenvalue weighted by molar-refractivity contribution is -0.126. The topological polar surface area (TPSA) is 58.2 Å². The summed E-state index contributed by atoms with van der Waals surface area (Å²) in [6.07, 6.45) is 1.83. The van der Waals surface area contributed by atoms with Crippen LogP contribution in [0.2, 0.25) is 0 Å². The Morgan fingerprint density at radius 1 is 1.20 bits per heavy atom. The van der Waals surface area contributed by atoms with Crippen molar-refractivity contribution in [3.8, 4) is 0 Å². The molecule has 1 aliphatic rings. The number of nitrogens with one attached hydrogen (secondary N) is 2. The molecule has 4 heteroatoms. The smallest absolute Gasteiger partial charge is 0.256 e. The first-order chi connectivity index (χ1) is 9.37. The van der Waals surface area contributed by atoms with Crippen molar-refractivity contribution in [3.05, 3.63) is 47.7 Å². The molecule has 1 heterocycles. The average Bonchev–Trinajstić information content (AvgIpc) is 2.37. The normalized spacial score (nSPS) is 21.8. The molecule has 0 aromatic heterocycles. The fourth-order valence-corrected chi connectivity index (χ4v) is 2.03. The molecule has 1 unspecified atom stereocenters. The van der Waals surface area contributed by atoms with Gasteiger partial charge in [0.25, 0.3) is 5.91 Å². The third kappa shape index (κ3) is 3.47. The molecule has 1 amide bonds. The fourth-order valence-electron chi connectivity index (χ4n) is 2.03. The van der Waals surface area contributed by atoms with Crippen LogP contribution in [0.3, 0.4) is 0 Å². The summed E-state index contributed by atoms with van der Waals surface area (Å²) in [5.41, 5.74) is 0.980. The largest absolute Gasteiger partial charge is 0.386 e. The van der Waals surface area contributed by atoms with Crippen LogP contribution >= 0.6 is 0 Å². The van der Waals surface area contributed by atoms with Crippen molar-refractivity contribution >= 4 is 11.7 Å². The fraction of sp³-hybridized carbons (Fsp3) is 0.375. The quantitative estimate of drug-likeness (QED) is 0.640. The Labute approximate surface area is 119 Å². The molecule has 1 atom stereocenters. The lowest BCUT2D eigenvalue weighted by Gasteiger charge is -2.26. The number of Topliss-reactive ketones (excluding diaryl/α,β-unsaturated/α-hetero) is 1. The molecule has 4 nitrogen and oxygen atoms in total. The van der Waals surface area contributed by atoms with Crippen molar-refractivity contribution in [3.63, 3.8) is 0 Å². The first-order valence-corrected chi connectivity index (χ1v) is 6.74. The summed E-state index contributed by atoms with van der Waals surface area (Å²) in [6.45, 7) is 5.92. The van der Waals surface area contributed by atoms with Crippen molar-refractivity contribution in [2.75, 3.05) is 0 Å². The number of ketones is 1. The maximum absolute atomic E-state index is 12.1. The van der Waals surface area contributed by atoms with E-state index in [1.165, 1.54) is 6.20 Å². The van der Waals surface area contributed by atoms with Gasteiger partial charge in [0.2, 0.25) is 0 Å². The Hall–Kier alpha value is -2.10. The molecule has 1 aromatic rings. The SMILES string of the molecule is CC(C)(C)N/C=C1\C(=O)CC(c2ccccc2)NC1=O.